The number of methoxy groups -OCH3 is 1. The molecule has 0 radical (unpaired) electrons. The van der Waals surface area contributed by atoms with Gasteiger partial charge in [-0.2, -0.15) is 0 Å². The summed E-state index contributed by atoms with van der Waals surface area (Å²) in [6, 6.07) is 6.17. The number of hydrogen-bond donors (Lipinski definition) is 1. The number of carboxylic acids is 1. The number of rotatable bonds is 6. The normalized spacial score (nSPS) is 17.1. The van der Waals surface area contributed by atoms with E-state index < -0.39 is 5.97 Å². The van der Waals surface area contributed by atoms with Gasteiger partial charge in [0.1, 0.15) is 5.75 Å². The van der Waals surface area contributed by atoms with Gasteiger partial charge in [-0.15, -0.1) is 0 Å². The monoisotopic (exact) mass is 388 g/mol. The van der Waals surface area contributed by atoms with Crippen molar-refractivity contribution in [1.82, 2.24) is 0 Å². The van der Waals surface area contributed by atoms with Crippen LogP contribution in [0.3, 0.4) is 0 Å². The molecular weight excluding hydrogens is 367 g/mol. The Morgan fingerprint density at radius 3 is 2.70 bits per heavy atom. The summed E-state index contributed by atoms with van der Waals surface area (Å²) in [5.41, 5.74) is 1.19. The molecule has 20 heavy (non-hydrogen) atoms. The van der Waals surface area contributed by atoms with Crippen LogP contribution in [0.5, 0.6) is 5.75 Å². The van der Waals surface area contributed by atoms with Crippen LogP contribution in [-0.2, 0) is 11.2 Å². The molecule has 0 amide bonds. The topological polar surface area (TPSA) is 46.5 Å². The van der Waals surface area contributed by atoms with E-state index in [1.165, 1.54) is 9.13 Å². The number of aliphatic carboxylic acids is 1. The predicted octanol–water partition coefficient (Wildman–Crippen LogP) is 4.27. The van der Waals surface area contributed by atoms with Crippen LogP contribution in [0.15, 0.2) is 18.2 Å². The minimum atomic E-state index is -0.665. The van der Waals surface area contributed by atoms with Gasteiger partial charge in [0.2, 0.25) is 0 Å². The standard InChI is InChI=1S/C16H21IO3/c1-20-14-5-4-13(17)10-12(14)6-9-16(11-15(18)19)7-2-3-8-16/h4-5,10H,2-3,6-9,11H2,1H3,(H,18,19). The van der Waals surface area contributed by atoms with E-state index in [2.05, 4.69) is 28.7 Å². The molecule has 1 fully saturated rings. The molecule has 1 aromatic rings. The lowest BCUT2D eigenvalue weighted by Crippen LogP contribution is -2.22. The minimum Gasteiger partial charge on any atom is -0.496 e. The maximum absolute atomic E-state index is 11.1. The summed E-state index contributed by atoms with van der Waals surface area (Å²) < 4.78 is 6.60. The zero-order chi connectivity index (χ0) is 14.6. The molecule has 1 saturated carbocycles. The molecular formula is C16H21IO3. The van der Waals surface area contributed by atoms with E-state index in [0.717, 1.165) is 44.3 Å². The van der Waals surface area contributed by atoms with E-state index in [1.54, 1.807) is 7.11 Å². The van der Waals surface area contributed by atoms with Crippen LogP contribution in [-0.4, -0.2) is 18.2 Å². The smallest absolute Gasteiger partial charge is 0.303 e. The Balaban J connectivity index is 2.09. The number of halogens is 1. The third-order valence-electron chi connectivity index (χ3n) is 4.36. The molecule has 1 aromatic carbocycles. The number of carboxylic acid groups (broad SMARTS) is 1. The molecule has 2 rings (SSSR count). The third-order valence-corrected chi connectivity index (χ3v) is 5.03. The molecule has 0 heterocycles. The van der Waals surface area contributed by atoms with E-state index in [9.17, 15) is 4.79 Å². The minimum absolute atomic E-state index is 0.00186. The van der Waals surface area contributed by atoms with Crippen LogP contribution in [0, 0.1) is 8.99 Å². The van der Waals surface area contributed by atoms with Crippen LogP contribution < -0.4 is 4.74 Å². The van der Waals surface area contributed by atoms with Gasteiger partial charge in [-0.1, -0.05) is 12.8 Å². The summed E-state index contributed by atoms with van der Waals surface area (Å²) >= 11 is 2.30. The van der Waals surface area contributed by atoms with Crippen molar-refractivity contribution in [2.75, 3.05) is 7.11 Å². The van der Waals surface area contributed by atoms with Gasteiger partial charge in [0.15, 0.2) is 0 Å². The highest BCUT2D eigenvalue weighted by atomic mass is 127. The summed E-state index contributed by atoms with van der Waals surface area (Å²) in [6.45, 7) is 0. The Kier molecular flexibility index (Phi) is 5.29. The second-order valence-electron chi connectivity index (χ2n) is 5.73. The van der Waals surface area contributed by atoms with E-state index in [0.29, 0.717) is 6.42 Å². The SMILES string of the molecule is COc1ccc(I)cc1CCC1(CC(=O)O)CCCC1. The molecule has 0 saturated heterocycles. The number of ether oxygens (including phenoxy) is 1. The van der Waals surface area contributed by atoms with Gasteiger partial charge in [0.25, 0.3) is 0 Å². The average Bonchev–Trinajstić information content (AvgIpc) is 2.84. The highest BCUT2D eigenvalue weighted by Crippen LogP contribution is 2.45. The third kappa shape index (κ3) is 3.87. The molecule has 3 nitrogen and oxygen atoms in total. The molecule has 1 aliphatic rings. The van der Waals surface area contributed by atoms with Crippen LogP contribution in [0.1, 0.15) is 44.1 Å². The van der Waals surface area contributed by atoms with Gasteiger partial charge in [-0.25, -0.2) is 0 Å². The summed E-state index contributed by atoms with van der Waals surface area (Å²) in [7, 11) is 1.69. The first kappa shape index (κ1) is 15.6. The van der Waals surface area contributed by atoms with E-state index in [-0.39, 0.29) is 5.41 Å². The average molecular weight is 388 g/mol. The van der Waals surface area contributed by atoms with Gasteiger partial charge >= 0.3 is 5.97 Å². The Labute approximate surface area is 133 Å². The first-order chi connectivity index (χ1) is 9.54. The Morgan fingerprint density at radius 2 is 2.10 bits per heavy atom. The number of carbonyl (C=O) groups is 1. The molecule has 1 aliphatic carbocycles. The quantitative estimate of drug-likeness (QED) is 0.741. The van der Waals surface area contributed by atoms with Gasteiger partial charge in [0, 0.05) is 3.57 Å². The fourth-order valence-corrected chi connectivity index (χ4v) is 3.86. The van der Waals surface area contributed by atoms with E-state index in [1.807, 2.05) is 12.1 Å². The van der Waals surface area contributed by atoms with Gasteiger partial charge in [0.05, 0.1) is 13.5 Å². The second kappa shape index (κ2) is 6.78. The predicted molar refractivity (Wildman–Crippen MR) is 87.2 cm³/mol. The van der Waals surface area contributed by atoms with Crippen LogP contribution >= 0.6 is 22.6 Å². The van der Waals surface area contributed by atoms with Crippen molar-refractivity contribution in [3.8, 4) is 5.75 Å². The lowest BCUT2D eigenvalue weighted by Gasteiger charge is -2.27. The fraction of sp³-hybridized carbons (Fsp3) is 0.562. The summed E-state index contributed by atoms with van der Waals surface area (Å²) in [4.78, 5) is 11.1. The zero-order valence-electron chi connectivity index (χ0n) is 11.8. The second-order valence-corrected chi connectivity index (χ2v) is 6.98. The number of hydrogen-bond acceptors (Lipinski definition) is 2. The van der Waals surface area contributed by atoms with E-state index in [4.69, 9.17) is 9.84 Å². The maximum Gasteiger partial charge on any atom is 0.303 e. The zero-order valence-corrected chi connectivity index (χ0v) is 14.0. The van der Waals surface area contributed by atoms with Crippen molar-refractivity contribution >= 4 is 28.6 Å². The molecule has 0 unspecified atom stereocenters. The van der Waals surface area contributed by atoms with Gasteiger partial charge in [-0.3, -0.25) is 4.79 Å². The Bertz CT molecular complexity index is 479. The molecule has 1 N–H and O–H groups in total. The van der Waals surface area contributed by atoms with Crippen molar-refractivity contribution < 1.29 is 14.6 Å². The van der Waals surface area contributed by atoms with Crippen LogP contribution in [0.4, 0.5) is 0 Å². The molecule has 0 aromatic heterocycles. The maximum atomic E-state index is 11.1. The first-order valence-corrected chi connectivity index (χ1v) is 8.17. The first-order valence-electron chi connectivity index (χ1n) is 7.09. The summed E-state index contributed by atoms with van der Waals surface area (Å²) in [5, 5.41) is 9.16. The summed E-state index contributed by atoms with van der Waals surface area (Å²) in [5.74, 6) is 0.246. The number of benzene rings is 1. The van der Waals surface area contributed by atoms with Crippen molar-refractivity contribution in [3.05, 3.63) is 27.3 Å². The lowest BCUT2D eigenvalue weighted by atomic mass is 9.77. The highest BCUT2D eigenvalue weighted by Gasteiger charge is 2.35. The van der Waals surface area contributed by atoms with Crippen LogP contribution in [0.25, 0.3) is 0 Å². The van der Waals surface area contributed by atoms with E-state index >= 15 is 0 Å². The molecule has 0 bridgehead atoms. The van der Waals surface area contributed by atoms with Crippen molar-refractivity contribution in [2.45, 2.75) is 44.9 Å². The fourth-order valence-electron chi connectivity index (χ4n) is 3.30. The van der Waals surface area contributed by atoms with Crippen LogP contribution in [0.2, 0.25) is 0 Å². The summed E-state index contributed by atoms with van der Waals surface area (Å²) in [6.07, 6.45) is 6.56. The van der Waals surface area contributed by atoms with Crippen molar-refractivity contribution in [1.29, 1.82) is 0 Å². The Morgan fingerprint density at radius 1 is 1.40 bits per heavy atom. The molecule has 0 aliphatic heterocycles. The number of aryl methyl sites for hydroxylation is 1. The largest absolute Gasteiger partial charge is 0.496 e. The molecule has 110 valence electrons. The van der Waals surface area contributed by atoms with Gasteiger partial charge < -0.3 is 9.84 Å². The molecule has 0 spiro atoms. The lowest BCUT2D eigenvalue weighted by molar-refractivity contribution is -0.139. The van der Waals surface area contributed by atoms with Crippen molar-refractivity contribution in [3.63, 3.8) is 0 Å². The molecule has 0 atom stereocenters. The highest BCUT2D eigenvalue weighted by molar-refractivity contribution is 14.1. The van der Waals surface area contributed by atoms with Gasteiger partial charge in [-0.05, 0) is 77.5 Å². The van der Waals surface area contributed by atoms with Crippen molar-refractivity contribution in [2.24, 2.45) is 5.41 Å². The Hall–Kier alpha value is -0.780. The molecule has 4 heteroatoms.